The average molecular weight is 646 g/mol. The fraction of sp³-hybridized carbons (Fsp3) is 0.303. The average Bonchev–Trinajstić information content (AvgIpc) is 3.22. The topological polar surface area (TPSA) is 168 Å². The number of rotatable bonds is 9. The van der Waals surface area contributed by atoms with Gasteiger partial charge in [0.15, 0.2) is 0 Å². The maximum absolute atomic E-state index is 13.1. The molecule has 45 heavy (non-hydrogen) atoms. The summed E-state index contributed by atoms with van der Waals surface area (Å²) in [6, 6.07) is 11.5. The number of fused-ring (bicyclic) bond motifs is 1. The predicted molar refractivity (Wildman–Crippen MR) is 182 cm³/mol. The standard InChI is InChI=1S/C33H36ClN7O3S/c1-19-20(2)45-33-30(19)31(23-7-10-25(34)11-8-23)40-27(32(37)41(33)21(3)36)17-29(44)38-15-13-28(43)39-26-12-9-22(6-4-5-14-35)24(16-26)18-42/h7-12,16,27,36-37,42H,5,13-15,17-18,35H2,1-3H3,(H,38,44)(H,39,43)/t27-/m0/s1. The van der Waals surface area contributed by atoms with Crippen LogP contribution in [0.5, 0.6) is 0 Å². The summed E-state index contributed by atoms with van der Waals surface area (Å²) >= 11 is 7.64. The molecule has 10 nitrogen and oxygen atoms in total. The first-order valence-corrected chi connectivity index (χ1v) is 15.6. The van der Waals surface area contributed by atoms with Crippen molar-refractivity contribution in [2.45, 2.75) is 52.7 Å². The Morgan fingerprint density at radius 1 is 1.18 bits per heavy atom. The maximum Gasteiger partial charge on any atom is 0.226 e. The summed E-state index contributed by atoms with van der Waals surface area (Å²) in [5, 5.41) is 34.1. The monoisotopic (exact) mass is 645 g/mol. The molecule has 12 heteroatoms. The van der Waals surface area contributed by atoms with E-state index in [1.165, 1.54) is 11.3 Å². The lowest BCUT2D eigenvalue weighted by Crippen LogP contribution is -2.42. The molecule has 0 fully saturated rings. The fourth-order valence-corrected chi connectivity index (χ4v) is 6.18. The first-order chi connectivity index (χ1) is 21.5. The number of carbonyl (C=O) groups excluding carboxylic acids is 2. The van der Waals surface area contributed by atoms with Crippen LogP contribution in [-0.2, 0) is 16.2 Å². The molecule has 2 amide bonds. The number of amides is 2. The van der Waals surface area contributed by atoms with E-state index in [1.54, 1.807) is 42.2 Å². The SMILES string of the molecule is CC(=N)N1C(=N)[C@H](CC(=O)NCCC(=O)Nc2ccc(C#CCCN)c(CO)c2)N=C(c2ccc(Cl)cc2)c2c1sc(C)c2C. The van der Waals surface area contributed by atoms with Crippen LogP contribution in [0, 0.1) is 36.5 Å². The van der Waals surface area contributed by atoms with Gasteiger partial charge >= 0.3 is 0 Å². The van der Waals surface area contributed by atoms with Gasteiger partial charge in [-0.3, -0.25) is 30.3 Å². The molecule has 0 bridgehead atoms. The maximum atomic E-state index is 13.1. The van der Waals surface area contributed by atoms with Crippen LogP contribution in [0.3, 0.4) is 0 Å². The summed E-state index contributed by atoms with van der Waals surface area (Å²) in [5.41, 5.74) is 10.5. The van der Waals surface area contributed by atoms with Gasteiger partial charge in [0.05, 0.1) is 18.7 Å². The van der Waals surface area contributed by atoms with Crippen molar-refractivity contribution >= 4 is 62.8 Å². The Balaban J connectivity index is 1.46. The van der Waals surface area contributed by atoms with Crippen molar-refractivity contribution in [3.63, 3.8) is 0 Å². The Kier molecular flexibility index (Phi) is 11.3. The van der Waals surface area contributed by atoms with Crippen LogP contribution in [0.25, 0.3) is 0 Å². The largest absolute Gasteiger partial charge is 0.392 e. The third-order valence-corrected chi connectivity index (χ3v) is 8.65. The fourth-order valence-electron chi connectivity index (χ4n) is 4.83. The van der Waals surface area contributed by atoms with E-state index in [-0.39, 0.29) is 49.5 Å². The van der Waals surface area contributed by atoms with Crippen LogP contribution in [-0.4, -0.2) is 53.4 Å². The number of amidine groups is 2. The number of hydrogen-bond donors (Lipinski definition) is 6. The van der Waals surface area contributed by atoms with Crippen molar-refractivity contribution in [1.82, 2.24) is 5.32 Å². The van der Waals surface area contributed by atoms with Gasteiger partial charge in [-0.2, -0.15) is 0 Å². The predicted octanol–water partition coefficient (Wildman–Crippen LogP) is 4.75. The van der Waals surface area contributed by atoms with Gasteiger partial charge in [-0.25, -0.2) is 0 Å². The summed E-state index contributed by atoms with van der Waals surface area (Å²) in [4.78, 5) is 33.2. The number of nitrogens with two attached hydrogens (primary N) is 1. The van der Waals surface area contributed by atoms with Crippen LogP contribution in [0.2, 0.25) is 5.02 Å². The smallest absolute Gasteiger partial charge is 0.226 e. The molecule has 0 spiro atoms. The second-order valence-electron chi connectivity index (χ2n) is 10.5. The number of nitrogens with zero attached hydrogens (tertiary/aromatic N) is 2. The molecule has 0 aliphatic carbocycles. The van der Waals surface area contributed by atoms with Gasteiger partial charge in [0.2, 0.25) is 11.8 Å². The molecule has 3 aromatic rings. The molecule has 0 unspecified atom stereocenters. The molecule has 234 valence electrons. The minimum Gasteiger partial charge on any atom is -0.392 e. The Hall–Kier alpha value is -4.34. The highest BCUT2D eigenvalue weighted by atomic mass is 35.5. The normalized spacial score (nSPS) is 14.1. The van der Waals surface area contributed by atoms with Crippen molar-refractivity contribution in [2.75, 3.05) is 23.3 Å². The minimum absolute atomic E-state index is 0.0150. The van der Waals surface area contributed by atoms with Crippen LogP contribution < -0.4 is 21.3 Å². The molecule has 0 saturated heterocycles. The molecular weight excluding hydrogens is 610 g/mol. The van der Waals surface area contributed by atoms with E-state index in [9.17, 15) is 14.7 Å². The Labute approximate surface area is 271 Å². The van der Waals surface area contributed by atoms with Crippen LogP contribution >= 0.6 is 22.9 Å². The molecule has 0 radical (unpaired) electrons. The molecule has 2 heterocycles. The minimum atomic E-state index is -0.868. The van der Waals surface area contributed by atoms with E-state index in [0.717, 1.165) is 26.6 Å². The summed E-state index contributed by atoms with van der Waals surface area (Å²) in [6.45, 7) is 5.89. The van der Waals surface area contributed by atoms with Crippen molar-refractivity contribution in [2.24, 2.45) is 10.7 Å². The van der Waals surface area contributed by atoms with E-state index >= 15 is 0 Å². The number of aliphatic hydroxyl groups is 1. The number of benzene rings is 2. The Morgan fingerprint density at radius 2 is 1.91 bits per heavy atom. The molecule has 7 N–H and O–H groups in total. The molecule has 4 rings (SSSR count). The number of anilines is 2. The third-order valence-electron chi connectivity index (χ3n) is 7.21. The number of thiophene rings is 1. The first-order valence-electron chi connectivity index (χ1n) is 14.4. The summed E-state index contributed by atoms with van der Waals surface area (Å²) in [7, 11) is 0. The molecular formula is C33H36ClN7O3S. The number of halogens is 1. The van der Waals surface area contributed by atoms with Crippen LogP contribution in [0.15, 0.2) is 47.5 Å². The van der Waals surface area contributed by atoms with E-state index in [1.807, 2.05) is 26.0 Å². The van der Waals surface area contributed by atoms with Gasteiger partial charge < -0.3 is 21.5 Å². The summed E-state index contributed by atoms with van der Waals surface area (Å²) in [6.07, 6.45) is 0.421. The molecule has 0 saturated carbocycles. The number of nitrogens with one attached hydrogen (secondary N) is 4. The lowest BCUT2D eigenvalue weighted by molar-refractivity contribution is -0.121. The van der Waals surface area contributed by atoms with E-state index in [2.05, 4.69) is 22.5 Å². The number of carbonyl (C=O) groups is 2. The second-order valence-corrected chi connectivity index (χ2v) is 12.1. The zero-order valence-electron chi connectivity index (χ0n) is 25.4. The number of hydrogen-bond acceptors (Lipinski definition) is 8. The van der Waals surface area contributed by atoms with Crippen LogP contribution in [0.4, 0.5) is 10.7 Å². The van der Waals surface area contributed by atoms with Crippen LogP contribution in [0.1, 0.15) is 58.9 Å². The van der Waals surface area contributed by atoms with Gasteiger partial charge in [-0.15, -0.1) is 11.3 Å². The Morgan fingerprint density at radius 3 is 2.58 bits per heavy atom. The highest BCUT2D eigenvalue weighted by Gasteiger charge is 2.34. The zero-order valence-corrected chi connectivity index (χ0v) is 27.0. The van der Waals surface area contributed by atoms with Gasteiger partial charge in [-0.1, -0.05) is 35.6 Å². The highest BCUT2D eigenvalue weighted by Crippen LogP contribution is 2.40. The lowest BCUT2D eigenvalue weighted by Gasteiger charge is -2.24. The first kappa shape index (κ1) is 33.6. The van der Waals surface area contributed by atoms with Gasteiger partial charge in [0.25, 0.3) is 0 Å². The zero-order chi connectivity index (χ0) is 32.7. The van der Waals surface area contributed by atoms with Gasteiger partial charge in [0.1, 0.15) is 22.7 Å². The van der Waals surface area contributed by atoms with Crippen molar-refractivity contribution in [1.29, 1.82) is 10.8 Å². The van der Waals surface area contributed by atoms with E-state index in [4.69, 9.17) is 33.1 Å². The number of aryl methyl sites for hydroxylation is 1. The molecule has 1 aromatic heterocycles. The van der Waals surface area contributed by atoms with Gasteiger partial charge in [-0.05, 0) is 62.2 Å². The lowest BCUT2D eigenvalue weighted by atomic mass is 9.99. The molecule has 1 aliphatic rings. The number of aliphatic imine (C=N–C) groups is 1. The Bertz CT molecular complexity index is 1720. The van der Waals surface area contributed by atoms with Gasteiger partial charge in [0, 0.05) is 58.2 Å². The molecule has 1 atom stereocenters. The van der Waals surface area contributed by atoms with E-state index < -0.39 is 6.04 Å². The molecule has 1 aliphatic heterocycles. The van der Waals surface area contributed by atoms with Crippen molar-refractivity contribution in [3.05, 3.63) is 80.2 Å². The number of aliphatic hydroxyl groups excluding tert-OH is 1. The summed E-state index contributed by atoms with van der Waals surface area (Å²) < 4.78 is 0. The molecule has 2 aromatic carbocycles. The quantitative estimate of drug-likeness (QED) is 0.112. The van der Waals surface area contributed by atoms with E-state index in [0.29, 0.717) is 40.5 Å². The third kappa shape index (κ3) is 8.04. The van der Waals surface area contributed by atoms with Crippen molar-refractivity contribution in [3.8, 4) is 11.8 Å². The second kappa shape index (κ2) is 15.1. The van der Waals surface area contributed by atoms with Crippen molar-refractivity contribution < 1.29 is 14.7 Å². The highest BCUT2D eigenvalue weighted by molar-refractivity contribution is 7.17. The summed E-state index contributed by atoms with van der Waals surface area (Å²) in [5.74, 6) is 5.40.